The van der Waals surface area contributed by atoms with E-state index in [1.54, 1.807) is 6.20 Å². The van der Waals surface area contributed by atoms with Gasteiger partial charge in [0.1, 0.15) is 30.1 Å². The largest absolute Gasteiger partial charge is 0.490 e. The lowest BCUT2D eigenvalue weighted by Crippen LogP contribution is -2.28. The fraction of sp³-hybridized carbons (Fsp3) is 0.435. The van der Waals surface area contributed by atoms with Gasteiger partial charge in [-0.2, -0.15) is 5.10 Å². The minimum atomic E-state index is -1.03. The molecule has 3 heterocycles. The average molecular weight is 471 g/mol. The SMILES string of the molecule is O=C(NC1CC1)Oc1cnn2ccc(N3CCC[C@@H]3c3cc(F)ccc3OCC(O)CO)nc12. The van der Waals surface area contributed by atoms with E-state index in [1.807, 2.05) is 11.0 Å². The first kappa shape index (κ1) is 22.4. The molecular formula is C23H26FN5O5. The average Bonchev–Trinajstić information content (AvgIpc) is 3.36. The van der Waals surface area contributed by atoms with Crippen LogP contribution in [0, 0.1) is 5.82 Å². The number of nitrogens with one attached hydrogen (secondary N) is 1. The Labute approximate surface area is 194 Å². The van der Waals surface area contributed by atoms with Crippen LogP contribution in [-0.2, 0) is 0 Å². The maximum atomic E-state index is 14.2. The quantitative estimate of drug-likeness (QED) is 0.457. The highest BCUT2D eigenvalue weighted by Crippen LogP contribution is 2.40. The molecule has 1 unspecified atom stereocenters. The summed E-state index contributed by atoms with van der Waals surface area (Å²) >= 11 is 0. The number of aliphatic hydroxyl groups is 2. The summed E-state index contributed by atoms with van der Waals surface area (Å²) in [7, 11) is 0. The summed E-state index contributed by atoms with van der Waals surface area (Å²) in [6.07, 6.45) is 5.14. The molecule has 0 radical (unpaired) electrons. The standard InChI is InChI=1S/C23H26FN5O5/c24-14-3-6-19(33-13-16(31)12-30)17(10-14)18-2-1-8-28(18)21-7-9-29-22(27-21)20(11-25-29)34-23(32)26-15-4-5-15/h3,6-7,9-11,15-16,18,30-31H,1-2,4-5,8,12-13H2,(H,26,32)/t16?,18-/m1/s1. The summed E-state index contributed by atoms with van der Waals surface area (Å²) in [5.41, 5.74) is 1.04. The van der Waals surface area contributed by atoms with Crippen molar-refractivity contribution in [2.75, 3.05) is 24.7 Å². The Morgan fingerprint density at radius 3 is 2.91 bits per heavy atom. The van der Waals surface area contributed by atoms with Crippen LogP contribution in [0.1, 0.15) is 37.3 Å². The molecule has 0 spiro atoms. The summed E-state index contributed by atoms with van der Waals surface area (Å²) in [5.74, 6) is 0.933. The molecule has 0 bridgehead atoms. The molecule has 3 aromatic rings. The molecule has 2 aromatic heterocycles. The van der Waals surface area contributed by atoms with Crippen molar-refractivity contribution in [2.45, 2.75) is 43.9 Å². The number of aliphatic hydroxyl groups excluding tert-OH is 2. The van der Waals surface area contributed by atoms with Gasteiger partial charge in [0.2, 0.25) is 5.65 Å². The molecule has 2 aliphatic rings. The molecule has 10 nitrogen and oxygen atoms in total. The van der Waals surface area contributed by atoms with Crippen LogP contribution >= 0.6 is 0 Å². The highest BCUT2D eigenvalue weighted by atomic mass is 19.1. The third-order valence-corrected chi connectivity index (χ3v) is 5.94. The van der Waals surface area contributed by atoms with Gasteiger partial charge in [0.25, 0.3) is 0 Å². The van der Waals surface area contributed by atoms with E-state index < -0.39 is 24.6 Å². The van der Waals surface area contributed by atoms with E-state index in [1.165, 1.54) is 28.9 Å². The zero-order valence-electron chi connectivity index (χ0n) is 18.4. The predicted octanol–water partition coefficient (Wildman–Crippen LogP) is 2.19. The van der Waals surface area contributed by atoms with Crippen molar-refractivity contribution in [3.05, 3.63) is 48.0 Å². The van der Waals surface area contributed by atoms with Crippen LogP contribution in [0.3, 0.4) is 0 Å². The second kappa shape index (κ2) is 9.43. The lowest BCUT2D eigenvalue weighted by molar-refractivity contribution is 0.0531. The smallest absolute Gasteiger partial charge is 0.413 e. The molecule has 1 saturated heterocycles. The zero-order chi connectivity index (χ0) is 23.7. The van der Waals surface area contributed by atoms with Crippen molar-refractivity contribution in [3.63, 3.8) is 0 Å². The normalized spacial score (nSPS) is 18.8. The van der Waals surface area contributed by atoms with Gasteiger partial charge in [-0.3, -0.25) is 0 Å². The number of halogens is 1. The van der Waals surface area contributed by atoms with Gasteiger partial charge >= 0.3 is 6.09 Å². The minimum absolute atomic E-state index is 0.106. The number of rotatable bonds is 8. The van der Waals surface area contributed by atoms with Gasteiger partial charge in [0.15, 0.2) is 5.75 Å². The van der Waals surface area contributed by atoms with Crippen LogP contribution in [-0.4, -0.2) is 62.8 Å². The number of hydrogen-bond donors (Lipinski definition) is 3. The Balaban J connectivity index is 1.41. The number of benzene rings is 1. The van der Waals surface area contributed by atoms with Crippen molar-refractivity contribution in [3.8, 4) is 11.5 Å². The predicted molar refractivity (Wildman–Crippen MR) is 119 cm³/mol. The van der Waals surface area contributed by atoms with Gasteiger partial charge < -0.3 is 29.9 Å². The van der Waals surface area contributed by atoms with Crippen molar-refractivity contribution in [1.82, 2.24) is 19.9 Å². The maximum absolute atomic E-state index is 14.2. The van der Waals surface area contributed by atoms with E-state index in [0.717, 1.165) is 25.7 Å². The summed E-state index contributed by atoms with van der Waals surface area (Å²) < 4.78 is 26.8. The summed E-state index contributed by atoms with van der Waals surface area (Å²) in [4.78, 5) is 18.8. The molecule has 3 N–H and O–H groups in total. The van der Waals surface area contributed by atoms with Gasteiger partial charge in [0, 0.05) is 24.3 Å². The topological polar surface area (TPSA) is 121 Å². The Morgan fingerprint density at radius 2 is 2.12 bits per heavy atom. The number of fused-ring (bicyclic) bond motifs is 1. The number of carbonyl (C=O) groups is 1. The molecule has 1 aliphatic carbocycles. The van der Waals surface area contributed by atoms with Crippen molar-refractivity contribution in [1.29, 1.82) is 0 Å². The summed E-state index contributed by atoms with van der Waals surface area (Å²) in [6, 6.07) is 6.03. The summed E-state index contributed by atoms with van der Waals surface area (Å²) in [6.45, 7) is 0.158. The fourth-order valence-corrected chi connectivity index (χ4v) is 4.11. The van der Waals surface area contributed by atoms with Crippen molar-refractivity contribution in [2.24, 2.45) is 0 Å². The summed E-state index contributed by atoms with van der Waals surface area (Å²) in [5, 5.41) is 25.7. The van der Waals surface area contributed by atoms with Crippen LogP contribution in [0.2, 0.25) is 0 Å². The Hall–Kier alpha value is -3.44. The van der Waals surface area contributed by atoms with E-state index >= 15 is 0 Å². The van der Waals surface area contributed by atoms with Crippen LogP contribution in [0.5, 0.6) is 11.5 Å². The monoisotopic (exact) mass is 471 g/mol. The van der Waals surface area contributed by atoms with Crippen LogP contribution in [0.15, 0.2) is 36.7 Å². The third-order valence-electron chi connectivity index (χ3n) is 5.94. The number of ether oxygens (including phenoxy) is 2. The number of amides is 1. The minimum Gasteiger partial charge on any atom is -0.490 e. The molecule has 180 valence electrons. The van der Waals surface area contributed by atoms with E-state index in [-0.39, 0.29) is 24.4 Å². The Kier molecular flexibility index (Phi) is 6.20. The number of nitrogens with zero attached hydrogens (tertiary/aromatic N) is 4. The van der Waals surface area contributed by atoms with Gasteiger partial charge in [-0.05, 0) is 49.9 Å². The first-order valence-electron chi connectivity index (χ1n) is 11.3. The second-order valence-electron chi connectivity index (χ2n) is 8.55. The first-order valence-corrected chi connectivity index (χ1v) is 11.3. The maximum Gasteiger partial charge on any atom is 0.413 e. The van der Waals surface area contributed by atoms with Crippen molar-refractivity contribution >= 4 is 17.6 Å². The molecule has 1 amide bonds. The van der Waals surface area contributed by atoms with Crippen LogP contribution in [0.25, 0.3) is 5.65 Å². The second-order valence-corrected chi connectivity index (χ2v) is 8.55. The van der Waals surface area contributed by atoms with Gasteiger partial charge in [0.05, 0.1) is 18.8 Å². The molecule has 1 aliphatic heterocycles. The molecule has 11 heteroatoms. The molecule has 5 rings (SSSR count). The molecule has 2 fully saturated rings. The van der Waals surface area contributed by atoms with Crippen molar-refractivity contribution < 1.29 is 28.9 Å². The number of carbonyl (C=O) groups excluding carboxylic acids is 1. The first-order chi connectivity index (χ1) is 16.5. The highest BCUT2D eigenvalue weighted by molar-refractivity contribution is 5.74. The van der Waals surface area contributed by atoms with E-state index in [9.17, 15) is 14.3 Å². The van der Waals surface area contributed by atoms with Gasteiger partial charge in [-0.1, -0.05) is 0 Å². The lowest BCUT2D eigenvalue weighted by Gasteiger charge is -2.28. The van der Waals surface area contributed by atoms with Gasteiger partial charge in [-0.15, -0.1) is 0 Å². The number of hydrogen-bond acceptors (Lipinski definition) is 8. The number of aromatic nitrogens is 3. The molecule has 1 saturated carbocycles. The third kappa shape index (κ3) is 4.75. The number of anilines is 1. The Morgan fingerprint density at radius 1 is 1.26 bits per heavy atom. The molecule has 34 heavy (non-hydrogen) atoms. The van der Waals surface area contributed by atoms with Crippen LogP contribution in [0.4, 0.5) is 15.0 Å². The lowest BCUT2D eigenvalue weighted by atomic mass is 10.0. The zero-order valence-corrected chi connectivity index (χ0v) is 18.4. The van der Waals surface area contributed by atoms with Crippen LogP contribution < -0.4 is 19.7 Å². The van der Waals surface area contributed by atoms with E-state index in [4.69, 9.17) is 19.6 Å². The molecular weight excluding hydrogens is 445 g/mol. The fourth-order valence-electron chi connectivity index (χ4n) is 4.11. The van der Waals surface area contributed by atoms with E-state index in [2.05, 4.69) is 10.4 Å². The Bertz CT molecular complexity index is 1180. The highest BCUT2D eigenvalue weighted by Gasteiger charge is 2.31. The van der Waals surface area contributed by atoms with E-state index in [0.29, 0.717) is 29.3 Å². The molecule has 1 aromatic carbocycles. The van der Waals surface area contributed by atoms with Gasteiger partial charge in [-0.25, -0.2) is 18.7 Å². The molecule has 2 atom stereocenters.